The van der Waals surface area contributed by atoms with E-state index in [4.69, 9.17) is 11.6 Å². The number of fused-ring (bicyclic) bond motifs is 2. The first-order valence-corrected chi connectivity index (χ1v) is 8.47. The number of hydrogen-bond donors (Lipinski definition) is 1. The van der Waals surface area contributed by atoms with Crippen molar-refractivity contribution in [1.29, 1.82) is 0 Å². The van der Waals surface area contributed by atoms with Crippen LogP contribution in [-0.4, -0.2) is 5.11 Å². The molecule has 4 rings (SSSR count). The summed E-state index contributed by atoms with van der Waals surface area (Å²) >= 11 is 6.58. The number of hydrogen-bond acceptors (Lipinski definition) is 1. The molecular weight excluding hydrogens is 316 g/mol. The van der Waals surface area contributed by atoms with E-state index in [9.17, 15) is 5.11 Å². The van der Waals surface area contributed by atoms with Crippen LogP contribution in [-0.2, 0) is 12.8 Å². The SMILES string of the molecule is Oc1cccc(/C=C2\c3ccccc3CCc3cccc(Cl)c32)c1. The fourth-order valence-electron chi connectivity index (χ4n) is 3.41. The summed E-state index contributed by atoms with van der Waals surface area (Å²) in [6, 6.07) is 21.9. The summed E-state index contributed by atoms with van der Waals surface area (Å²) in [7, 11) is 0. The lowest BCUT2D eigenvalue weighted by atomic mass is 9.92. The van der Waals surface area contributed by atoms with Gasteiger partial charge in [0.25, 0.3) is 0 Å². The maximum Gasteiger partial charge on any atom is 0.116 e. The molecule has 0 aromatic heterocycles. The van der Waals surface area contributed by atoms with Crippen molar-refractivity contribution in [3.63, 3.8) is 0 Å². The highest BCUT2D eigenvalue weighted by atomic mass is 35.5. The minimum absolute atomic E-state index is 0.269. The van der Waals surface area contributed by atoms with Gasteiger partial charge in [-0.1, -0.05) is 60.1 Å². The van der Waals surface area contributed by atoms with Gasteiger partial charge in [-0.05, 0) is 64.9 Å². The van der Waals surface area contributed by atoms with E-state index >= 15 is 0 Å². The van der Waals surface area contributed by atoms with Crippen LogP contribution >= 0.6 is 11.6 Å². The van der Waals surface area contributed by atoms with E-state index in [2.05, 4.69) is 36.4 Å². The molecule has 0 atom stereocenters. The molecule has 0 saturated heterocycles. The first-order valence-electron chi connectivity index (χ1n) is 8.09. The van der Waals surface area contributed by atoms with Gasteiger partial charge in [0.2, 0.25) is 0 Å². The number of halogens is 1. The average Bonchev–Trinajstić information content (AvgIpc) is 2.74. The highest BCUT2D eigenvalue weighted by molar-refractivity contribution is 6.33. The molecule has 2 heteroatoms. The molecule has 0 amide bonds. The number of benzene rings is 3. The highest BCUT2D eigenvalue weighted by Crippen LogP contribution is 2.38. The Hall–Kier alpha value is -2.51. The third-order valence-corrected chi connectivity index (χ3v) is 4.84. The average molecular weight is 333 g/mol. The lowest BCUT2D eigenvalue weighted by molar-refractivity contribution is 0.475. The van der Waals surface area contributed by atoms with Crippen LogP contribution in [0.1, 0.15) is 27.8 Å². The fourth-order valence-corrected chi connectivity index (χ4v) is 3.71. The summed E-state index contributed by atoms with van der Waals surface area (Å²) in [5.74, 6) is 0.269. The second kappa shape index (κ2) is 6.18. The predicted octanol–water partition coefficient (Wildman–Crippen LogP) is 5.73. The van der Waals surface area contributed by atoms with E-state index in [1.54, 1.807) is 12.1 Å². The van der Waals surface area contributed by atoms with E-state index in [0.717, 1.165) is 34.6 Å². The summed E-state index contributed by atoms with van der Waals surface area (Å²) in [5, 5.41) is 10.6. The van der Waals surface area contributed by atoms with E-state index in [1.165, 1.54) is 16.7 Å². The predicted molar refractivity (Wildman–Crippen MR) is 100 cm³/mol. The lowest BCUT2D eigenvalue weighted by Gasteiger charge is -2.14. The van der Waals surface area contributed by atoms with Gasteiger partial charge in [-0.2, -0.15) is 0 Å². The Morgan fingerprint density at radius 2 is 1.58 bits per heavy atom. The minimum atomic E-state index is 0.269. The first-order chi connectivity index (χ1) is 11.7. The summed E-state index contributed by atoms with van der Waals surface area (Å²) in [6.45, 7) is 0. The van der Waals surface area contributed by atoms with Crippen molar-refractivity contribution in [3.05, 3.63) is 99.6 Å². The quantitative estimate of drug-likeness (QED) is 0.603. The molecule has 1 nitrogen and oxygen atoms in total. The van der Waals surface area contributed by atoms with Gasteiger partial charge in [0.05, 0.1) is 0 Å². The monoisotopic (exact) mass is 332 g/mol. The first kappa shape index (κ1) is 15.0. The van der Waals surface area contributed by atoms with Crippen LogP contribution in [0.3, 0.4) is 0 Å². The molecule has 0 bridgehead atoms. The van der Waals surface area contributed by atoms with Crippen LogP contribution in [0.15, 0.2) is 66.7 Å². The molecule has 24 heavy (non-hydrogen) atoms. The second-order valence-corrected chi connectivity index (χ2v) is 6.49. The zero-order chi connectivity index (χ0) is 16.5. The molecule has 0 saturated carbocycles. The van der Waals surface area contributed by atoms with E-state index in [0.29, 0.717) is 0 Å². The van der Waals surface area contributed by atoms with Gasteiger partial charge in [-0.25, -0.2) is 0 Å². The standard InChI is InChI=1S/C22H17ClO/c23-21-10-4-7-17-12-11-16-6-1-2-9-19(16)20(22(17)21)14-15-5-3-8-18(24)13-15/h1-10,13-14,24H,11-12H2/b20-14+. The van der Waals surface area contributed by atoms with Gasteiger partial charge < -0.3 is 5.11 Å². The van der Waals surface area contributed by atoms with E-state index < -0.39 is 0 Å². The van der Waals surface area contributed by atoms with Crippen molar-refractivity contribution < 1.29 is 5.11 Å². The van der Waals surface area contributed by atoms with Gasteiger partial charge in [-0.3, -0.25) is 0 Å². The van der Waals surface area contributed by atoms with Crippen molar-refractivity contribution >= 4 is 23.3 Å². The number of aromatic hydroxyl groups is 1. The molecule has 0 heterocycles. The number of phenolic OH excluding ortho intramolecular Hbond substituents is 1. The Kier molecular flexibility index (Phi) is 3.87. The Morgan fingerprint density at radius 1 is 0.833 bits per heavy atom. The molecule has 0 fully saturated rings. The maximum absolute atomic E-state index is 9.79. The van der Waals surface area contributed by atoms with Crippen LogP contribution in [0, 0.1) is 0 Å². The zero-order valence-electron chi connectivity index (χ0n) is 13.2. The Morgan fingerprint density at radius 3 is 2.46 bits per heavy atom. The van der Waals surface area contributed by atoms with Crippen molar-refractivity contribution in [2.75, 3.05) is 0 Å². The van der Waals surface area contributed by atoms with Crippen molar-refractivity contribution in [2.45, 2.75) is 12.8 Å². The van der Waals surface area contributed by atoms with Crippen molar-refractivity contribution in [2.24, 2.45) is 0 Å². The summed E-state index contributed by atoms with van der Waals surface area (Å²) in [6.07, 6.45) is 4.10. The molecule has 118 valence electrons. The van der Waals surface area contributed by atoms with Crippen molar-refractivity contribution in [1.82, 2.24) is 0 Å². The molecule has 1 aliphatic rings. The molecular formula is C22H17ClO. The Labute approximate surface area is 146 Å². The normalized spacial score (nSPS) is 14.8. The van der Waals surface area contributed by atoms with Gasteiger partial charge in [0.1, 0.15) is 5.75 Å². The Balaban J connectivity index is 2.01. The fraction of sp³-hybridized carbons (Fsp3) is 0.0909. The Bertz CT molecular complexity index is 940. The molecule has 1 aliphatic carbocycles. The molecule has 3 aromatic carbocycles. The van der Waals surface area contributed by atoms with Crippen LogP contribution in [0.4, 0.5) is 0 Å². The smallest absolute Gasteiger partial charge is 0.116 e. The second-order valence-electron chi connectivity index (χ2n) is 6.08. The van der Waals surface area contributed by atoms with Crippen LogP contribution in [0.5, 0.6) is 5.75 Å². The van der Waals surface area contributed by atoms with Crippen molar-refractivity contribution in [3.8, 4) is 5.75 Å². The molecule has 0 aliphatic heterocycles. The van der Waals surface area contributed by atoms with Gasteiger partial charge in [0.15, 0.2) is 0 Å². The summed E-state index contributed by atoms with van der Waals surface area (Å²) < 4.78 is 0. The molecule has 0 unspecified atom stereocenters. The zero-order valence-corrected chi connectivity index (χ0v) is 13.9. The highest BCUT2D eigenvalue weighted by Gasteiger charge is 2.20. The van der Waals surface area contributed by atoms with Crippen LogP contribution in [0.2, 0.25) is 5.02 Å². The number of aryl methyl sites for hydroxylation is 2. The minimum Gasteiger partial charge on any atom is -0.508 e. The topological polar surface area (TPSA) is 20.2 Å². The molecule has 0 radical (unpaired) electrons. The molecule has 3 aromatic rings. The molecule has 0 spiro atoms. The third kappa shape index (κ3) is 2.72. The lowest BCUT2D eigenvalue weighted by Crippen LogP contribution is -1.93. The maximum atomic E-state index is 9.79. The van der Waals surface area contributed by atoms with Crippen LogP contribution < -0.4 is 0 Å². The largest absolute Gasteiger partial charge is 0.508 e. The van der Waals surface area contributed by atoms with Gasteiger partial charge in [-0.15, -0.1) is 0 Å². The third-order valence-electron chi connectivity index (χ3n) is 4.52. The molecule has 1 N–H and O–H groups in total. The van der Waals surface area contributed by atoms with Gasteiger partial charge in [0, 0.05) is 10.6 Å². The number of phenols is 1. The van der Waals surface area contributed by atoms with Crippen LogP contribution in [0.25, 0.3) is 11.6 Å². The van der Waals surface area contributed by atoms with E-state index in [1.807, 2.05) is 24.3 Å². The van der Waals surface area contributed by atoms with Gasteiger partial charge >= 0.3 is 0 Å². The summed E-state index contributed by atoms with van der Waals surface area (Å²) in [5.41, 5.74) is 7.00. The number of rotatable bonds is 1. The summed E-state index contributed by atoms with van der Waals surface area (Å²) in [4.78, 5) is 0. The van der Waals surface area contributed by atoms with E-state index in [-0.39, 0.29) is 5.75 Å².